The van der Waals surface area contributed by atoms with E-state index in [2.05, 4.69) is 184 Å². The molecular formula is C77H124O5. The van der Waals surface area contributed by atoms with E-state index in [0.29, 0.717) is 12.8 Å². The number of hydrogen-bond acceptors (Lipinski definition) is 5. The Morgan fingerprint density at radius 2 is 0.488 bits per heavy atom. The van der Waals surface area contributed by atoms with Crippen LogP contribution in [0.25, 0.3) is 0 Å². The topological polar surface area (TPSA) is 72.8 Å². The van der Waals surface area contributed by atoms with Gasteiger partial charge in [0.25, 0.3) is 0 Å². The number of esters is 2. The average molecular weight is 1130 g/mol. The molecule has 0 saturated heterocycles. The number of carbonyl (C=O) groups is 2. The minimum Gasteiger partial charge on any atom is -0.462 e. The second kappa shape index (κ2) is 70.5. The minimum absolute atomic E-state index is 0.0755. The molecule has 0 aromatic carbocycles. The van der Waals surface area contributed by atoms with Gasteiger partial charge in [0.05, 0.1) is 6.61 Å². The highest BCUT2D eigenvalue weighted by Crippen LogP contribution is 2.16. The van der Waals surface area contributed by atoms with Crippen molar-refractivity contribution >= 4 is 11.9 Å². The van der Waals surface area contributed by atoms with E-state index < -0.39 is 6.10 Å². The molecule has 0 aliphatic heterocycles. The Labute approximate surface area is 506 Å². The molecule has 5 nitrogen and oxygen atoms in total. The minimum atomic E-state index is -0.787. The fourth-order valence-electron chi connectivity index (χ4n) is 9.05. The highest BCUT2D eigenvalue weighted by atomic mass is 16.6. The summed E-state index contributed by atoms with van der Waals surface area (Å²) in [6.45, 7) is 3.92. The number of rotatable bonds is 60. The molecule has 0 spiro atoms. The lowest BCUT2D eigenvalue weighted by atomic mass is 10.0. The molecular weight excluding hydrogens is 1000 g/mol. The van der Waals surface area contributed by atoms with Crippen LogP contribution in [-0.2, 0) is 19.1 Å². The number of aliphatic hydroxyl groups excluding tert-OH is 1. The van der Waals surface area contributed by atoms with Gasteiger partial charge in [0, 0.05) is 12.8 Å². The van der Waals surface area contributed by atoms with Crippen molar-refractivity contribution in [1.29, 1.82) is 0 Å². The summed E-state index contributed by atoms with van der Waals surface area (Å²) < 4.78 is 10.7. The summed E-state index contributed by atoms with van der Waals surface area (Å²) in [6.07, 6.45) is 109. The molecule has 5 heteroatoms. The molecule has 0 radical (unpaired) electrons. The van der Waals surface area contributed by atoms with Gasteiger partial charge in [0.2, 0.25) is 0 Å². The van der Waals surface area contributed by atoms with Crippen molar-refractivity contribution < 1.29 is 24.2 Å². The zero-order chi connectivity index (χ0) is 59.1. The van der Waals surface area contributed by atoms with Crippen LogP contribution in [0.15, 0.2) is 170 Å². The van der Waals surface area contributed by atoms with E-state index in [1.165, 1.54) is 128 Å². The summed E-state index contributed by atoms with van der Waals surface area (Å²) in [6, 6.07) is 0. The lowest BCUT2D eigenvalue weighted by Gasteiger charge is -2.15. The standard InChI is InChI=1S/C77H124O5/c1-3-5-7-9-11-13-15-17-19-21-23-25-27-29-31-32-33-34-35-36-37-38-39-40-41-42-43-44-46-48-50-52-54-56-58-60-62-64-66-68-70-72-77(80)82-75(73-78)74-81-76(79)71-69-67-65-63-61-59-57-55-53-51-49-47-45-30-28-26-24-22-20-18-16-14-12-10-8-6-4-2/h5-8,11-14,17-20,23-26,29,31,33-34,36-37,39-40,42-43,46,48,75,78H,3-4,9-10,15-16,21-22,27-28,30,32,35,38,41,44-45,47,49-74H2,1-2H3/b7-5-,8-6-,13-11-,14-12-,19-17-,20-18-,25-23-,26-24-,31-29-,34-33-,37-36-,40-39-,43-42-,48-46-. The lowest BCUT2D eigenvalue weighted by Crippen LogP contribution is -2.28. The first-order chi connectivity index (χ1) is 40.6. The largest absolute Gasteiger partial charge is 0.462 e. The molecule has 0 saturated carbocycles. The molecule has 0 aliphatic carbocycles. The van der Waals surface area contributed by atoms with Crippen molar-refractivity contribution in [3.8, 4) is 0 Å². The molecule has 462 valence electrons. The van der Waals surface area contributed by atoms with Gasteiger partial charge >= 0.3 is 11.9 Å². The Balaban J connectivity index is 3.56. The van der Waals surface area contributed by atoms with E-state index in [-0.39, 0.29) is 25.2 Å². The average Bonchev–Trinajstić information content (AvgIpc) is 3.49. The number of ether oxygens (including phenoxy) is 2. The first-order valence-electron chi connectivity index (χ1n) is 33.7. The third kappa shape index (κ3) is 67.8. The van der Waals surface area contributed by atoms with Crippen LogP contribution in [0, 0.1) is 0 Å². The van der Waals surface area contributed by atoms with Crippen molar-refractivity contribution in [2.75, 3.05) is 13.2 Å². The van der Waals surface area contributed by atoms with Crippen LogP contribution in [-0.4, -0.2) is 36.4 Å². The zero-order valence-corrected chi connectivity index (χ0v) is 52.9. The summed E-state index contributed by atoms with van der Waals surface area (Å²) in [4.78, 5) is 24.6. The van der Waals surface area contributed by atoms with Crippen molar-refractivity contribution in [2.24, 2.45) is 0 Å². The van der Waals surface area contributed by atoms with Gasteiger partial charge < -0.3 is 14.6 Å². The van der Waals surface area contributed by atoms with Gasteiger partial charge in [0.15, 0.2) is 6.10 Å². The lowest BCUT2D eigenvalue weighted by molar-refractivity contribution is -0.161. The van der Waals surface area contributed by atoms with Gasteiger partial charge in [-0.25, -0.2) is 0 Å². The quantitative estimate of drug-likeness (QED) is 0.0373. The maximum absolute atomic E-state index is 12.4. The SMILES string of the molecule is CC/C=C\C/C=C\C/C=C\C/C=C\C/C=C\C/C=C\C/C=C\C/C=C\C/C=C\C/C=C\CCCCCCCCCCCCC(=O)OC(CO)COC(=O)CCCCCCCCCCCCCCCC/C=C\C/C=C\C/C=C\C/C=C\CC. The molecule has 0 amide bonds. The molecule has 0 bridgehead atoms. The predicted molar refractivity (Wildman–Crippen MR) is 361 cm³/mol. The van der Waals surface area contributed by atoms with Crippen molar-refractivity contribution in [3.05, 3.63) is 170 Å². The normalized spacial score (nSPS) is 13.4. The molecule has 0 aromatic heterocycles. The Hall–Kier alpha value is -4.74. The fraction of sp³-hybridized carbons (Fsp3) is 0.610. The summed E-state index contributed by atoms with van der Waals surface area (Å²) in [7, 11) is 0. The van der Waals surface area contributed by atoms with Crippen LogP contribution in [0.5, 0.6) is 0 Å². The van der Waals surface area contributed by atoms with Crippen molar-refractivity contribution in [1.82, 2.24) is 0 Å². The summed E-state index contributed by atoms with van der Waals surface area (Å²) >= 11 is 0. The number of unbranched alkanes of at least 4 members (excludes halogenated alkanes) is 24. The molecule has 82 heavy (non-hydrogen) atoms. The van der Waals surface area contributed by atoms with Crippen LogP contribution < -0.4 is 0 Å². The Bertz CT molecular complexity index is 1810. The van der Waals surface area contributed by atoms with E-state index in [4.69, 9.17) is 9.47 Å². The number of hydrogen-bond donors (Lipinski definition) is 1. The van der Waals surface area contributed by atoms with Crippen LogP contribution in [0.4, 0.5) is 0 Å². The summed E-state index contributed by atoms with van der Waals surface area (Å²) in [5.74, 6) is -0.599. The van der Waals surface area contributed by atoms with Crippen LogP contribution in [0.3, 0.4) is 0 Å². The maximum Gasteiger partial charge on any atom is 0.306 e. The first kappa shape index (κ1) is 77.3. The number of carbonyl (C=O) groups excluding carboxylic acids is 2. The van der Waals surface area contributed by atoms with Gasteiger partial charge in [-0.2, -0.15) is 0 Å². The zero-order valence-electron chi connectivity index (χ0n) is 52.9. The molecule has 0 rings (SSSR count). The second-order valence-electron chi connectivity index (χ2n) is 21.8. The van der Waals surface area contributed by atoms with Crippen LogP contribution in [0.1, 0.15) is 284 Å². The van der Waals surface area contributed by atoms with E-state index in [0.717, 1.165) is 128 Å². The predicted octanol–water partition coefficient (Wildman–Crippen LogP) is 23.6. The van der Waals surface area contributed by atoms with E-state index in [9.17, 15) is 14.7 Å². The highest BCUT2D eigenvalue weighted by Gasteiger charge is 2.16. The summed E-state index contributed by atoms with van der Waals surface area (Å²) in [5.41, 5.74) is 0. The van der Waals surface area contributed by atoms with Gasteiger partial charge in [-0.05, 0) is 128 Å². The molecule has 0 aliphatic rings. The van der Waals surface area contributed by atoms with Gasteiger partial charge in [-0.1, -0.05) is 312 Å². The molecule has 1 atom stereocenters. The number of allylic oxidation sites excluding steroid dienone is 28. The van der Waals surface area contributed by atoms with E-state index in [1.54, 1.807) is 0 Å². The fourth-order valence-corrected chi connectivity index (χ4v) is 9.05. The number of aliphatic hydroxyl groups is 1. The monoisotopic (exact) mass is 1130 g/mol. The van der Waals surface area contributed by atoms with Crippen molar-refractivity contribution in [3.63, 3.8) is 0 Å². The maximum atomic E-state index is 12.4. The third-order valence-corrected chi connectivity index (χ3v) is 14.0. The molecule has 1 N–H and O–H groups in total. The molecule has 0 fully saturated rings. The van der Waals surface area contributed by atoms with Crippen molar-refractivity contribution in [2.45, 2.75) is 290 Å². The Morgan fingerprint density at radius 1 is 0.280 bits per heavy atom. The van der Waals surface area contributed by atoms with E-state index in [1.807, 2.05) is 0 Å². The molecule has 0 aromatic rings. The van der Waals surface area contributed by atoms with Gasteiger partial charge in [-0.3, -0.25) is 9.59 Å². The smallest absolute Gasteiger partial charge is 0.306 e. The molecule has 1 unspecified atom stereocenters. The van der Waals surface area contributed by atoms with Crippen LogP contribution in [0.2, 0.25) is 0 Å². The summed E-state index contributed by atoms with van der Waals surface area (Å²) in [5, 5.41) is 9.70. The third-order valence-electron chi connectivity index (χ3n) is 14.0. The van der Waals surface area contributed by atoms with E-state index >= 15 is 0 Å². The van der Waals surface area contributed by atoms with Crippen LogP contribution >= 0.6 is 0 Å². The molecule has 0 heterocycles. The van der Waals surface area contributed by atoms with Gasteiger partial charge in [-0.15, -0.1) is 0 Å². The second-order valence-corrected chi connectivity index (χ2v) is 21.8. The first-order valence-corrected chi connectivity index (χ1v) is 33.7. The Morgan fingerprint density at radius 3 is 0.732 bits per heavy atom. The highest BCUT2D eigenvalue weighted by molar-refractivity contribution is 5.70. The van der Waals surface area contributed by atoms with Gasteiger partial charge in [0.1, 0.15) is 6.61 Å². The Kier molecular flexibility index (Phi) is 66.4.